The number of amides is 3. The van der Waals surface area contributed by atoms with Gasteiger partial charge in [-0.1, -0.05) is 49.2 Å². The predicted molar refractivity (Wildman–Crippen MR) is 128 cm³/mol. The Morgan fingerprint density at radius 2 is 1.69 bits per heavy atom. The van der Waals surface area contributed by atoms with Crippen LogP contribution in [-0.4, -0.2) is 49.8 Å². The monoisotopic (exact) mass is 481 g/mol. The van der Waals surface area contributed by atoms with Crippen LogP contribution in [0.4, 0.5) is 0 Å². The predicted octanol–water partition coefficient (Wildman–Crippen LogP) is 1.96. The lowest BCUT2D eigenvalue weighted by Gasteiger charge is -2.23. The van der Waals surface area contributed by atoms with Crippen LogP contribution in [0.5, 0.6) is 5.75 Å². The first kappa shape index (κ1) is 25.9. The summed E-state index contributed by atoms with van der Waals surface area (Å²) in [5, 5.41) is 5.47. The van der Waals surface area contributed by atoms with Crippen molar-refractivity contribution in [1.29, 1.82) is 0 Å². The molecule has 2 aromatic carbocycles. The lowest BCUT2D eigenvalue weighted by Crippen LogP contribution is -2.54. The quantitative estimate of drug-likeness (QED) is 0.297. The van der Waals surface area contributed by atoms with Crippen LogP contribution in [0.3, 0.4) is 0 Å². The number of Topliss-reactive ketones (excluding diaryl/α,β-unsaturated/α-hetero) is 1. The van der Waals surface area contributed by atoms with E-state index < -0.39 is 35.6 Å². The molecule has 9 nitrogen and oxygen atoms in total. The molecule has 0 saturated heterocycles. The first-order valence-corrected chi connectivity index (χ1v) is 11.6. The van der Waals surface area contributed by atoms with E-state index in [1.165, 1.54) is 14.2 Å². The molecular weight excluding hydrogens is 450 g/mol. The van der Waals surface area contributed by atoms with Crippen molar-refractivity contribution in [2.75, 3.05) is 14.2 Å². The highest BCUT2D eigenvalue weighted by Gasteiger charge is 2.32. The number of hydroxylamine groups is 1. The molecule has 0 unspecified atom stereocenters. The molecule has 3 N–H and O–H groups in total. The van der Waals surface area contributed by atoms with E-state index in [0.717, 1.165) is 24.8 Å². The van der Waals surface area contributed by atoms with Crippen LogP contribution >= 0.6 is 0 Å². The highest BCUT2D eigenvalue weighted by Crippen LogP contribution is 2.34. The van der Waals surface area contributed by atoms with Gasteiger partial charge in [-0.3, -0.25) is 24.0 Å². The van der Waals surface area contributed by atoms with Crippen molar-refractivity contribution in [3.05, 3.63) is 65.7 Å². The SMILES string of the molecule is CONC(=O)C(=O)[C@H](Cc1ccccc1)NC(=O)[C@H](CCC1CC1)NC(=O)c1cccc(OC)c1. The molecule has 186 valence electrons. The zero-order chi connectivity index (χ0) is 25.2. The Labute approximate surface area is 204 Å². The van der Waals surface area contributed by atoms with Gasteiger partial charge >= 0.3 is 5.91 Å². The van der Waals surface area contributed by atoms with Crippen LogP contribution in [0, 0.1) is 5.92 Å². The summed E-state index contributed by atoms with van der Waals surface area (Å²) >= 11 is 0. The highest BCUT2D eigenvalue weighted by atomic mass is 16.6. The third-order valence-electron chi connectivity index (χ3n) is 5.85. The Kier molecular flexibility index (Phi) is 9.37. The lowest BCUT2D eigenvalue weighted by atomic mass is 10.0. The van der Waals surface area contributed by atoms with Gasteiger partial charge in [0.1, 0.15) is 17.8 Å². The molecule has 3 amide bonds. The second kappa shape index (κ2) is 12.7. The summed E-state index contributed by atoms with van der Waals surface area (Å²) in [6.45, 7) is 0. The number of hydrogen-bond donors (Lipinski definition) is 3. The van der Waals surface area contributed by atoms with Crippen molar-refractivity contribution in [3.8, 4) is 5.75 Å². The maximum absolute atomic E-state index is 13.3. The van der Waals surface area contributed by atoms with Crippen LogP contribution in [0.25, 0.3) is 0 Å². The van der Waals surface area contributed by atoms with E-state index in [1.54, 1.807) is 48.5 Å². The van der Waals surface area contributed by atoms with E-state index in [0.29, 0.717) is 23.7 Å². The first-order valence-electron chi connectivity index (χ1n) is 11.6. The second-order valence-corrected chi connectivity index (χ2v) is 8.53. The van der Waals surface area contributed by atoms with E-state index in [1.807, 2.05) is 11.5 Å². The van der Waals surface area contributed by atoms with E-state index in [2.05, 4.69) is 15.5 Å². The molecular formula is C26H31N3O6. The minimum atomic E-state index is -1.13. The Morgan fingerprint density at radius 1 is 0.943 bits per heavy atom. The number of methoxy groups -OCH3 is 1. The van der Waals surface area contributed by atoms with Gasteiger partial charge in [0.2, 0.25) is 11.7 Å². The number of nitrogens with one attached hydrogen (secondary N) is 3. The van der Waals surface area contributed by atoms with E-state index in [-0.39, 0.29) is 6.42 Å². The van der Waals surface area contributed by atoms with Gasteiger partial charge in [0.05, 0.1) is 14.2 Å². The number of hydrogen-bond acceptors (Lipinski definition) is 6. The molecule has 0 bridgehead atoms. The fraction of sp³-hybridized carbons (Fsp3) is 0.385. The molecule has 1 aliphatic rings. The van der Waals surface area contributed by atoms with E-state index >= 15 is 0 Å². The third kappa shape index (κ3) is 7.92. The molecule has 35 heavy (non-hydrogen) atoms. The highest BCUT2D eigenvalue weighted by molar-refractivity contribution is 6.38. The van der Waals surface area contributed by atoms with Gasteiger partial charge < -0.3 is 15.4 Å². The number of ketones is 1. The average Bonchev–Trinajstić information content (AvgIpc) is 3.70. The zero-order valence-electron chi connectivity index (χ0n) is 19.9. The van der Waals surface area contributed by atoms with Gasteiger partial charge in [-0.15, -0.1) is 0 Å². The Morgan fingerprint density at radius 3 is 2.34 bits per heavy atom. The lowest BCUT2D eigenvalue weighted by molar-refractivity contribution is -0.146. The average molecular weight is 482 g/mol. The largest absolute Gasteiger partial charge is 0.497 e. The molecule has 1 aliphatic carbocycles. The molecule has 2 aromatic rings. The molecule has 0 heterocycles. The van der Waals surface area contributed by atoms with Crippen LogP contribution in [-0.2, 0) is 25.6 Å². The number of ether oxygens (including phenoxy) is 1. The fourth-order valence-electron chi connectivity index (χ4n) is 3.72. The third-order valence-corrected chi connectivity index (χ3v) is 5.85. The maximum atomic E-state index is 13.3. The van der Waals surface area contributed by atoms with Crippen molar-refractivity contribution in [1.82, 2.24) is 16.1 Å². The second-order valence-electron chi connectivity index (χ2n) is 8.53. The Bertz CT molecular complexity index is 1040. The fourth-order valence-corrected chi connectivity index (χ4v) is 3.72. The summed E-state index contributed by atoms with van der Waals surface area (Å²) in [6, 6.07) is 13.7. The van der Waals surface area contributed by atoms with Crippen LogP contribution in [0.2, 0.25) is 0 Å². The van der Waals surface area contributed by atoms with Crippen LogP contribution in [0.15, 0.2) is 54.6 Å². The van der Waals surface area contributed by atoms with Crippen molar-refractivity contribution in [2.24, 2.45) is 5.92 Å². The molecule has 1 fully saturated rings. The molecule has 0 aromatic heterocycles. The van der Waals surface area contributed by atoms with Gasteiger partial charge in [0.15, 0.2) is 0 Å². The summed E-state index contributed by atoms with van der Waals surface area (Å²) in [6.07, 6.45) is 3.51. The van der Waals surface area contributed by atoms with Crippen molar-refractivity contribution in [2.45, 2.75) is 44.2 Å². The standard InChI is InChI=1S/C26H31N3O6/c1-34-20-10-6-9-19(16-20)24(31)27-21(14-13-17-11-12-17)25(32)28-22(23(30)26(33)29-35-2)15-18-7-4-3-5-8-18/h3-10,16-17,21-22H,11-15H2,1-2H3,(H,27,31)(H,28,32)(H,29,33)/t21-,22-/m0/s1. The Balaban J connectivity index is 1.76. The first-order chi connectivity index (χ1) is 16.9. The molecule has 0 spiro atoms. The smallest absolute Gasteiger partial charge is 0.313 e. The van der Waals surface area contributed by atoms with Gasteiger partial charge in [-0.2, -0.15) is 0 Å². The van der Waals surface area contributed by atoms with E-state index in [4.69, 9.17) is 4.74 Å². The van der Waals surface area contributed by atoms with Crippen molar-refractivity contribution in [3.63, 3.8) is 0 Å². The number of carbonyl (C=O) groups excluding carboxylic acids is 4. The summed E-state index contributed by atoms with van der Waals surface area (Å²) in [5.74, 6) is -1.71. The topological polar surface area (TPSA) is 123 Å². The summed E-state index contributed by atoms with van der Waals surface area (Å²) in [4.78, 5) is 55.7. The molecule has 3 rings (SSSR count). The summed E-state index contributed by atoms with van der Waals surface area (Å²) in [5.41, 5.74) is 3.13. The van der Waals surface area contributed by atoms with Crippen LogP contribution in [0.1, 0.15) is 41.6 Å². The van der Waals surface area contributed by atoms with Gasteiger partial charge in [0.25, 0.3) is 5.91 Å². The Hall–Kier alpha value is -3.72. The molecule has 2 atom stereocenters. The molecule has 0 aliphatic heterocycles. The maximum Gasteiger partial charge on any atom is 0.313 e. The van der Waals surface area contributed by atoms with Gasteiger partial charge in [-0.05, 0) is 42.5 Å². The van der Waals surface area contributed by atoms with Crippen molar-refractivity contribution < 1.29 is 28.8 Å². The number of rotatable bonds is 13. The van der Waals surface area contributed by atoms with Gasteiger partial charge in [-0.25, -0.2) is 5.48 Å². The summed E-state index contributed by atoms with van der Waals surface area (Å²) in [7, 11) is 2.73. The molecule has 9 heteroatoms. The van der Waals surface area contributed by atoms with Gasteiger partial charge in [0, 0.05) is 12.0 Å². The number of carbonyl (C=O) groups is 4. The molecule has 0 radical (unpaired) electrons. The number of benzene rings is 2. The normalized spacial score (nSPS) is 14.3. The zero-order valence-corrected chi connectivity index (χ0v) is 19.9. The van der Waals surface area contributed by atoms with E-state index in [9.17, 15) is 19.2 Å². The minimum Gasteiger partial charge on any atom is -0.497 e. The van der Waals surface area contributed by atoms with Crippen LogP contribution < -0.4 is 20.9 Å². The van der Waals surface area contributed by atoms with Crippen molar-refractivity contribution >= 4 is 23.5 Å². The molecule has 1 saturated carbocycles. The minimum absolute atomic E-state index is 0.113. The summed E-state index contributed by atoms with van der Waals surface area (Å²) < 4.78 is 5.18.